The van der Waals surface area contributed by atoms with Crippen molar-refractivity contribution in [2.45, 2.75) is 50.1 Å². The highest BCUT2D eigenvalue weighted by Gasteiger charge is 2.35. The molecular formula is C18H24N2O4. The Bertz CT molecular complexity index is 620. The Labute approximate surface area is 141 Å². The van der Waals surface area contributed by atoms with Gasteiger partial charge in [0.1, 0.15) is 0 Å². The lowest BCUT2D eigenvalue weighted by Crippen LogP contribution is -2.17. The molecule has 1 aromatic carbocycles. The molecule has 0 aliphatic carbocycles. The average molecular weight is 332 g/mol. The van der Waals surface area contributed by atoms with Gasteiger partial charge in [-0.25, -0.2) is 0 Å². The van der Waals surface area contributed by atoms with Gasteiger partial charge in [-0.1, -0.05) is 0 Å². The second-order valence-electron chi connectivity index (χ2n) is 7.38. The van der Waals surface area contributed by atoms with Crippen molar-refractivity contribution in [1.29, 1.82) is 0 Å². The molecule has 4 unspecified atom stereocenters. The van der Waals surface area contributed by atoms with Crippen molar-refractivity contribution in [3.8, 4) is 0 Å². The van der Waals surface area contributed by atoms with Crippen LogP contribution in [0.3, 0.4) is 0 Å². The van der Waals surface area contributed by atoms with Gasteiger partial charge >= 0.3 is 0 Å². The smallest absolute Gasteiger partial charge is 0.0851 e. The van der Waals surface area contributed by atoms with E-state index in [2.05, 4.69) is 0 Å². The highest BCUT2D eigenvalue weighted by Crippen LogP contribution is 2.40. The van der Waals surface area contributed by atoms with Gasteiger partial charge in [0.15, 0.2) is 0 Å². The molecule has 1 aromatic rings. The van der Waals surface area contributed by atoms with E-state index in [1.807, 2.05) is 0 Å². The van der Waals surface area contributed by atoms with Gasteiger partial charge in [-0.2, -0.15) is 0 Å². The van der Waals surface area contributed by atoms with E-state index in [4.69, 9.17) is 30.4 Å². The molecule has 0 amide bonds. The number of epoxide rings is 4. The van der Waals surface area contributed by atoms with Gasteiger partial charge in [-0.3, -0.25) is 0 Å². The first kappa shape index (κ1) is 15.0. The molecular weight excluding hydrogens is 308 g/mol. The van der Waals surface area contributed by atoms with E-state index >= 15 is 0 Å². The average Bonchev–Trinajstić information content (AvgIpc) is 3.42. The first-order valence-electron chi connectivity index (χ1n) is 8.86. The molecule has 0 aromatic heterocycles. The number of nitrogens with two attached hydrogens (primary N) is 2. The highest BCUT2D eigenvalue weighted by atomic mass is 16.6. The molecule has 4 N–H and O–H groups in total. The van der Waals surface area contributed by atoms with Gasteiger partial charge in [0.2, 0.25) is 0 Å². The summed E-state index contributed by atoms with van der Waals surface area (Å²) < 4.78 is 21.8. The minimum Gasteiger partial charge on any atom is -0.398 e. The van der Waals surface area contributed by atoms with Crippen molar-refractivity contribution in [2.24, 2.45) is 0 Å². The fraction of sp³-hybridized carbons (Fsp3) is 0.667. The lowest BCUT2D eigenvalue weighted by atomic mass is 9.85. The molecule has 0 bridgehead atoms. The predicted octanol–water partition coefficient (Wildman–Crippen LogP) is 0.616. The van der Waals surface area contributed by atoms with E-state index < -0.39 is 0 Å². The summed E-state index contributed by atoms with van der Waals surface area (Å²) in [6.07, 6.45) is 4.58. The van der Waals surface area contributed by atoms with Crippen molar-refractivity contribution in [3.63, 3.8) is 0 Å². The van der Waals surface area contributed by atoms with E-state index in [1.165, 1.54) is 16.7 Å². The second kappa shape index (κ2) is 5.59. The molecule has 6 nitrogen and oxygen atoms in total. The van der Waals surface area contributed by atoms with E-state index in [-0.39, 0.29) is 6.10 Å². The molecule has 6 heteroatoms. The lowest BCUT2D eigenvalue weighted by molar-refractivity contribution is 0.397. The van der Waals surface area contributed by atoms with E-state index in [0.29, 0.717) is 18.3 Å². The summed E-state index contributed by atoms with van der Waals surface area (Å²) in [5, 5.41) is 0. The minimum atomic E-state index is 0.266. The van der Waals surface area contributed by atoms with Crippen LogP contribution in [0.1, 0.15) is 22.3 Å². The zero-order chi connectivity index (χ0) is 16.3. The summed E-state index contributed by atoms with van der Waals surface area (Å²) in [7, 11) is 0. The number of nitrogen functional groups attached to an aromatic ring is 2. The Morgan fingerprint density at radius 3 is 1.17 bits per heavy atom. The molecule has 130 valence electrons. The van der Waals surface area contributed by atoms with Crippen molar-refractivity contribution >= 4 is 11.4 Å². The molecule has 4 aliphatic heterocycles. The fourth-order valence-electron chi connectivity index (χ4n) is 3.60. The maximum absolute atomic E-state index is 6.59. The van der Waals surface area contributed by atoms with Gasteiger partial charge in [0.05, 0.1) is 50.8 Å². The van der Waals surface area contributed by atoms with E-state index in [0.717, 1.165) is 69.0 Å². The Balaban J connectivity index is 1.59. The molecule has 4 heterocycles. The number of hydrogen-bond acceptors (Lipinski definition) is 6. The molecule has 4 atom stereocenters. The molecule has 4 saturated heterocycles. The van der Waals surface area contributed by atoms with Gasteiger partial charge in [-0.15, -0.1) is 0 Å². The van der Waals surface area contributed by atoms with Crippen LogP contribution < -0.4 is 11.5 Å². The summed E-state index contributed by atoms with van der Waals surface area (Å²) >= 11 is 0. The number of anilines is 2. The Kier molecular flexibility index (Phi) is 3.49. The Morgan fingerprint density at radius 2 is 0.833 bits per heavy atom. The van der Waals surface area contributed by atoms with Gasteiger partial charge < -0.3 is 30.4 Å². The largest absolute Gasteiger partial charge is 0.398 e. The van der Waals surface area contributed by atoms with Crippen molar-refractivity contribution in [1.82, 2.24) is 0 Å². The topological polar surface area (TPSA) is 102 Å². The molecule has 5 rings (SSSR count). The summed E-state index contributed by atoms with van der Waals surface area (Å²) in [6, 6.07) is 0. The third-order valence-corrected chi connectivity index (χ3v) is 5.37. The summed E-state index contributed by atoms with van der Waals surface area (Å²) in [4.78, 5) is 0. The van der Waals surface area contributed by atoms with Crippen LogP contribution in [0, 0.1) is 0 Å². The molecule has 0 radical (unpaired) electrons. The number of hydrogen-bond donors (Lipinski definition) is 2. The monoisotopic (exact) mass is 332 g/mol. The quantitative estimate of drug-likeness (QED) is 0.534. The summed E-state index contributed by atoms with van der Waals surface area (Å²) in [5.41, 5.74) is 19.6. The van der Waals surface area contributed by atoms with E-state index in [1.54, 1.807) is 0 Å². The van der Waals surface area contributed by atoms with Gasteiger partial charge in [-0.05, 0) is 16.7 Å². The van der Waals surface area contributed by atoms with Crippen LogP contribution in [0.5, 0.6) is 0 Å². The summed E-state index contributed by atoms with van der Waals surface area (Å²) in [5.74, 6) is 0. The van der Waals surface area contributed by atoms with Crippen LogP contribution >= 0.6 is 0 Å². The van der Waals surface area contributed by atoms with Crippen molar-refractivity contribution < 1.29 is 18.9 Å². The molecule has 24 heavy (non-hydrogen) atoms. The summed E-state index contributed by atoms with van der Waals surface area (Å²) in [6.45, 7) is 3.28. The maximum Gasteiger partial charge on any atom is 0.0851 e. The molecule has 0 saturated carbocycles. The maximum atomic E-state index is 6.59. The van der Waals surface area contributed by atoms with Crippen LogP contribution in [-0.2, 0) is 44.6 Å². The molecule has 0 spiro atoms. The van der Waals surface area contributed by atoms with Crippen molar-refractivity contribution in [2.75, 3.05) is 37.9 Å². The SMILES string of the molecule is Nc1c(CC2CO2)c(N)c(CC2CO2)c(CC2CO2)c1CC1CO1. The lowest BCUT2D eigenvalue weighted by Gasteiger charge is -2.23. The van der Waals surface area contributed by atoms with Crippen LogP contribution in [0.15, 0.2) is 0 Å². The fourth-order valence-corrected chi connectivity index (χ4v) is 3.60. The minimum absolute atomic E-state index is 0.266. The first-order chi connectivity index (χ1) is 11.7. The Morgan fingerprint density at radius 1 is 0.542 bits per heavy atom. The van der Waals surface area contributed by atoms with E-state index in [9.17, 15) is 0 Å². The third-order valence-electron chi connectivity index (χ3n) is 5.37. The number of benzene rings is 1. The zero-order valence-electron chi connectivity index (χ0n) is 13.8. The number of ether oxygens (including phenoxy) is 4. The van der Waals surface area contributed by atoms with Crippen LogP contribution in [0.4, 0.5) is 11.4 Å². The molecule has 4 fully saturated rings. The Hall–Kier alpha value is -1.34. The van der Waals surface area contributed by atoms with Crippen LogP contribution in [0.2, 0.25) is 0 Å². The molecule has 4 aliphatic rings. The van der Waals surface area contributed by atoms with Crippen molar-refractivity contribution in [3.05, 3.63) is 22.3 Å². The van der Waals surface area contributed by atoms with Gasteiger partial charge in [0, 0.05) is 42.6 Å². The number of rotatable bonds is 8. The normalized spacial score (nSPS) is 32.7. The predicted molar refractivity (Wildman–Crippen MR) is 89.0 cm³/mol. The first-order valence-corrected chi connectivity index (χ1v) is 8.86. The highest BCUT2D eigenvalue weighted by molar-refractivity contribution is 5.73. The second-order valence-corrected chi connectivity index (χ2v) is 7.38. The standard InChI is InChI=1S/C18H24N2O4/c19-17-14(2-10-6-22-10)13(1-9-5-21-9)15(3-11-7-23-11)18(20)16(17)4-12-8-24-12/h9-12H,1-8,19-20H2. The third kappa shape index (κ3) is 3.11. The zero-order valence-corrected chi connectivity index (χ0v) is 13.8. The van der Waals surface area contributed by atoms with Crippen LogP contribution in [-0.4, -0.2) is 50.8 Å². The van der Waals surface area contributed by atoms with Gasteiger partial charge in [0.25, 0.3) is 0 Å². The van der Waals surface area contributed by atoms with Crippen LogP contribution in [0.25, 0.3) is 0 Å².